The molecule has 1 atom stereocenters. The molecule has 0 aliphatic carbocycles. The number of anilines is 1. The molecule has 2 N–H and O–H groups in total. The average Bonchev–Trinajstić information content (AvgIpc) is 2.70. The van der Waals surface area contributed by atoms with Crippen molar-refractivity contribution in [2.45, 2.75) is 25.8 Å². The fourth-order valence-electron chi connectivity index (χ4n) is 2.61. The van der Waals surface area contributed by atoms with Gasteiger partial charge in [0.25, 0.3) is 0 Å². The molecule has 0 unspecified atom stereocenters. The van der Waals surface area contributed by atoms with Gasteiger partial charge in [-0.3, -0.25) is 9.59 Å². The summed E-state index contributed by atoms with van der Waals surface area (Å²) in [6.07, 6.45) is 0.422. The maximum Gasteiger partial charge on any atom is 0.239 e. The summed E-state index contributed by atoms with van der Waals surface area (Å²) in [5, 5.41) is 5.69. The zero-order valence-corrected chi connectivity index (χ0v) is 13.5. The van der Waals surface area contributed by atoms with Gasteiger partial charge in [-0.05, 0) is 32.4 Å². The van der Waals surface area contributed by atoms with Gasteiger partial charge in [-0.15, -0.1) is 0 Å². The van der Waals surface area contributed by atoms with E-state index in [-0.39, 0.29) is 29.7 Å². The highest BCUT2D eigenvalue weighted by atomic mass is 32.2. The first-order valence-corrected chi connectivity index (χ1v) is 8.88. The Morgan fingerprint density at radius 1 is 1.27 bits per heavy atom. The molecular weight excluding hydrogens is 304 g/mol. The van der Waals surface area contributed by atoms with E-state index in [1.165, 1.54) is 6.92 Å². The van der Waals surface area contributed by atoms with Crippen molar-refractivity contribution in [3.05, 3.63) is 29.8 Å². The Morgan fingerprint density at radius 2 is 1.95 bits per heavy atom. The zero-order valence-electron chi connectivity index (χ0n) is 12.7. The summed E-state index contributed by atoms with van der Waals surface area (Å²) >= 11 is 0. The molecule has 1 saturated heterocycles. The van der Waals surface area contributed by atoms with E-state index in [1.54, 1.807) is 31.2 Å². The van der Waals surface area contributed by atoms with Gasteiger partial charge in [0.05, 0.1) is 23.6 Å². The van der Waals surface area contributed by atoms with Crippen LogP contribution in [0.5, 0.6) is 0 Å². The minimum Gasteiger partial charge on any atom is -0.376 e. The Labute approximate surface area is 130 Å². The third kappa shape index (κ3) is 4.07. The number of hydrogen-bond acceptors (Lipinski definition) is 5. The summed E-state index contributed by atoms with van der Waals surface area (Å²) in [5.41, 5.74) is 0.400. The molecule has 1 aromatic rings. The van der Waals surface area contributed by atoms with Gasteiger partial charge in [0.2, 0.25) is 5.91 Å². The van der Waals surface area contributed by atoms with Crippen molar-refractivity contribution >= 4 is 27.2 Å². The third-order valence-electron chi connectivity index (χ3n) is 3.69. The van der Waals surface area contributed by atoms with Gasteiger partial charge in [0.15, 0.2) is 15.6 Å². The highest BCUT2D eigenvalue weighted by molar-refractivity contribution is 7.91. The van der Waals surface area contributed by atoms with E-state index in [4.69, 9.17) is 0 Å². The number of Topliss-reactive ketones (excluding diaryl/α,β-unsaturated/α-hetero) is 1. The predicted octanol–water partition coefficient (Wildman–Crippen LogP) is 0.994. The molecule has 1 heterocycles. The van der Waals surface area contributed by atoms with Crippen LogP contribution >= 0.6 is 0 Å². The zero-order chi connectivity index (χ0) is 16.4. The van der Waals surface area contributed by atoms with Crippen molar-refractivity contribution < 1.29 is 18.0 Å². The molecular formula is C15H20N2O4S. The van der Waals surface area contributed by atoms with Crippen molar-refractivity contribution in [1.29, 1.82) is 0 Å². The van der Waals surface area contributed by atoms with E-state index in [1.807, 2.05) is 0 Å². The Bertz CT molecular complexity index is 699. The largest absolute Gasteiger partial charge is 0.376 e. The van der Waals surface area contributed by atoms with E-state index >= 15 is 0 Å². The number of amides is 1. The smallest absolute Gasteiger partial charge is 0.239 e. The number of ketones is 1. The molecule has 6 nitrogen and oxygen atoms in total. The summed E-state index contributed by atoms with van der Waals surface area (Å²) in [4.78, 5) is 23.5. The number of carbonyl (C=O) groups is 2. The van der Waals surface area contributed by atoms with E-state index in [0.29, 0.717) is 17.7 Å². The molecule has 1 fully saturated rings. The van der Waals surface area contributed by atoms with Crippen molar-refractivity contribution in [3.8, 4) is 0 Å². The molecule has 1 aromatic carbocycles. The van der Waals surface area contributed by atoms with Crippen LogP contribution < -0.4 is 10.6 Å². The minimum absolute atomic E-state index is 0.0140. The van der Waals surface area contributed by atoms with E-state index in [9.17, 15) is 18.0 Å². The molecule has 1 aliphatic heterocycles. The van der Waals surface area contributed by atoms with Crippen molar-refractivity contribution in [2.24, 2.45) is 0 Å². The van der Waals surface area contributed by atoms with Crippen LogP contribution in [0.1, 0.15) is 30.6 Å². The fraction of sp³-hybridized carbons (Fsp3) is 0.467. The topological polar surface area (TPSA) is 92.3 Å². The number of rotatable bonds is 5. The maximum atomic E-state index is 12.0. The van der Waals surface area contributed by atoms with E-state index in [2.05, 4.69) is 10.6 Å². The van der Waals surface area contributed by atoms with Crippen LogP contribution in [0.4, 0.5) is 5.69 Å². The van der Waals surface area contributed by atoms with Crippen LogP contribution in [0.2, 0.25) is 0 Å². The van der Waals surface area contributed by atoms with Crippen LogP contribution in [0, 0.1) is 0 Å². The molecule has 0 spiro atoms. The second kappa shape index (κ2) is 6.08. The molecule has 2 rings (SSSR count). The summed E-state index contributed by atoms with van der Waals surface area (Å²) in [6, 6.07) is 6.95. The Morgan fingerprint density at radius 3 is 2.55 bits per heavy atom. The number of para-hydroxylation sites is 1. The number of hydrogen-bond donors (Lipinski definition) is 2. The number of sulfone groups is 1. The number of carbonyl (C=O) groups excluding carboxylic acids is 2. The van der Waals surface area contributed by atoms with Crippen LogP contribution in [-0.2, 0) is 14.6 Å². The van der Waals surface area contributed by atoms with Gasteiger partial charge in [0.1, 0.15) is 0 Å². The first kappa shape index (κ1) is 16.5. The van der Waals surface area contributed by atoms with E-state index in [0.717, 1.165) is 0 Å². The van der Waals surface area contributed by atoms with E-state index < -0.39 is 15.4 Å². The fourth-order valence-corrected chi connectivity index (χ4v) is 4.70. The van der Waals surface area contributed by atoms with Crippen LogP contribution in [0.25, 0.3) is 0 Å². The summed E-state index contributed by atoms with van der Waals surface area (Å²) < 4.78 is 23.0. The first-order valence-electron chi connectivity index (χ1n) is 7.06. The molecule has 22 heavy (non-hydrogen) atoms. The summed E-state index contributed by atoms with van der Waals surface area (Å²) in [5.74, 6) is -0.310. The molecule has 0 aromatic heterocycles. The van der Waals surface area contributed by atoms with Gasteiger partial charge < -0.3 is 10.6 Å². The van der Waals surface area contributed by atoms with Crippen molar-refractivity contribution in [1.82, 2.24) is 5.32 Å². The molecule has 0 radical (unpaired) electrons. The third-order valence-corrected chi connectivity index (χ3v) is 5.59. The lowest BCUT2D eigenvalue weighted by molar-refractivity contribution is -0.120. The molecule has 0 bridgehead atoms. The quantitative estimate of drug-likeness (QED) is 0.788. The van der Waals surface area contributed by atoms with Crippen molar-refractivity contribution in [3.63, 3.8) is 0 Å². The van der Waals surface area contributed by atoms with Crippen LogP contribution in [0.3, 0.4) is 0 Å². The second-order valence-electron chi connectivity index (χ2n) is 5.91. The molecule has 7 heteroatoms. The van der Waals surface area contributed by atoms with Gasteiger partial charge in [0, 0.05) is 11.3 Å². The SMILES string of the molecule is CC(=O)c1ccccc1NCC(=O)N[C@@]1(C)CCS(=O)(=O)C1. The van der Waals surface area contributed by atoms with Gasteiger partial charge >= 0.3 is 0 Å². The van der Waals surface area contributed by atoms with Crippen LogP contribution in [-0.4, -0.2) is 43.7 Å². The lowest BCUT2D eigenvalue weighted by atomic mass is 10.0. The minimum atomic E-state index is -3.06. The highest BCUT2D eigenvalue weighted by Crippen LogP contribution is 2.22. The molecule has 1 aliphatic rings. The monoisotopic (exact) mass is 324 g/mol. The summed E-state index contributed by atoms with van der Waals surface area (Å²) in [6.45, 7) is 3.18. The predicted molar refractivity (Wildman–Crippen MR) is 84.8 cm³/mol. The normalized spacial score (nSPS) is 23.0. The van der Waals surface area contributed by atoms with Crippen LogP contribution in [0.15, 0.2) is 24.3 Å². The Balaban J connectivity index is 1.96. The van der Waals surface area contributed by atoms with Gasteiger partial charge in [-0.2, -0.15) is 0 Å². The summed E-state index contributed by atoms with van der Waals surface area (Å²) in [7, 11) is -3.06. The average molecular weight is 324 g/mol. The van der Waals surface area contributed by atoms with Gasteiger partial charge in [-0.25, -0.2) is 8.42 Å². The maximum absolute atomic E-state index is 12.0. The Kier molecular flexibility index (Phi) is 4.55. The lowest BCUT2D eigenvalue weighted by Crippen LogP contribution is -2.48. The first-order chi connectivity index (χ1) is 10.2. The Hall–Kier alpha value is -1.89. The number of benzene rings is 1. The number of nitrogens with one attached hydrogen (secondary N) is 2. The standard InChI is InChI=1S/C15H20N2O4S/c1-11(18)12-5-3-4-6-13(12)16-9-14(19)17-15(2)7-8-22(20,21)10-15/h3-6,16H,7-10H2,1-2H3,(H,17,19)/t15-/m0/s1. The van der Waals surface area contributed by atoms with Crippen molar-refractivity contribution in [2.75, 3.05) is 23.4 Å². The lowest BCUT2D eigenvalue weighted by Gasteiger charge is -2.24. The van der Waals surface area contributed by atoms with Gasteiger partial charge in [-0.1, -0.05) is 12.1 Å². The molecule has 1 amide bonds. The highest BCUT2D eigenvalue weighted by Gasteiger charge is 2.39. The molecule has 120 valence electrons. The molecule has 0 saturated carbocycles. The second-order valence-corrected chi connectivity index (χ2v) is 8.09.